The number of rotatable bonds is 6. The first-order chi connectivity index (χ1) is 31.5. The van der Waals surface area contributed by atoms with E-state index in [0.717, 1.165) is 71.7 Å². The van der Waals surface area contributed by atoms with Gasteiger partial charge in [0.2, 0.25) is 0 Å². The number of anilines is 2. The molecule has 0 saturated carbocycles. The van der Waals surface area contributed by atoms with Crippen molar-refractivity contribution in [2.75, 3.05) is 9.80 Å². The molecule has 66 heavy (non-hydrogen) atoms. The van der Waals surface area contributed by atoms with E-state index in [1.807, 2.05) is 88.7 Å². The van der Waals surface area contributed by atoms with Crippen molar-refractivity contribution in [2.24, 2.45) is 0 Å². The fraction of sp³-hybridized carbons (Fsp3) is 0.231. The second-order valence-corrected chi connectivity index (χ2v) is 19.5. The van der Waals surface area contributed by atoms with Crippen molar-refractivity contribution >= 4 is 51.7 Å². The number of H-pyrrole nitrogens is 2. The fourth-order valence-electron chi connectivity index (χ4n) is 8.60. The van der Waals surface area contributed by atoms with Crippen LogP contribution in [0.5, 0.6) is 0 Å². The molecule has 2 atom stereocenters. The number of nitrogens with zero attached hydrogens (tertiary/aromatic N) is 4. The first kappa shape index (κ1) is 45.8. The van der Waals surface area contributed by atoms with Crippen molar-refractivity contribution in [1.29, 1.82) is 0 Å². The molecule has 2 unspecified atom stereocenters. The fourth-order valence-corrected chi connectivity index (χ4v) is 8.86. The molecule has 2 amide bonds. The van der Waals surface area contributed by atoms with Crippen LogP contribution in [0.25, 0.3) is 11.1 Å². The Balaban J connectivity index is 0.000000155. The van der Waals surface area contributed by atoms with Crippen LogP contribution in [-0.4, -0.2) is 49.4 Å². The lowest BCUT2D eigenvalue weighted by atomic mass is 9.83. The van der Waals surface area contributed by atoms with Crippen LogP contribution in [0, 0.1) is 13.8 Å². The number of benzene rings is 4. The highest BCUT2D eigenvalue weighted by Gasteiger charge is 2.46. The van der Waals surface area contributed by atoms with Gasteiger partial charge in [-0.15, -0.1) is 0 Å². The van der Waals surface area contributed by atoms with Gasteiger partial charge in [-0.05, 0) is 90.2 Å². The third-order valence-electron chi connectivity index (χ3n) is 11.9. The second kappa shape index (κ2) is 18.3. The summed E-state index contributed by atoms with van der Waals surface area (Å²) in [4.78, 5) is 30.7. The molecule has 0 saturated heterocycles. The number of hydrogen-bond donors (Lipinski definition) is 4. The van der Waals surface area contributed by atoms with E-state index < -0.39 is 7.12 Å². The Kier molecular flexibility index (Phi) is 12.7. The monoisotopic (exact) mass is 946 g/mol. The van der Waals surface area contributed by atoms with Crippen LogP contribution in [0.3, 0.4) is 0 Å². The van der Waals surface area contributed by atoms with Crippen LogP contribution in [0.15, 0.2) is 148 Å². The zero-order valence-corrected chi connectivity index (χ0v) is 39.7. The normalized spacial score (nSPS) is 15.5. The third kappa shape index (κ3) is 8.83. The Bertz CT molecular complexity index is 2960. The predicted molar refractivity (Wildman–Crippen MR) is 261 cm³/mol. The summed E-state index contributed by atoms with van der Waals surface area (Å²) in [7, 11) is -1.41. The average Bonchev–Trinajstić information content (AvgIpc) is 4.14. The van der Waals surface area contributed by atoms with E-state index in [0.29, 0.717) is 16.9 Å². The Morgan fingerprint density at radius 3 is 1.41 bits per heavy atom. The van der Waals surface area contributed by atoms with Crippen molar-refractivity contribution in [3.8, 4) is 11.1 Å². The second-order valence-electron chi connectivity index (χ2n) is 18.6. The molecule has 8 aromatic rings. The number of carbonyl (C=O) groups is 2. The van der Waals surface area contributed by atoms with Crippen molar-refractivity contribution in [3.05, 3.63) is 195 Å². The molecule has 336 valence electrons. The molecule has 0 fully saturated rings. The summed E-state index contributed by atoms with van der Waals surface area (Å²) in [5.41, 5.74) is 13.4. The van der Waals surface area contributed by atoms with Crippen LogP contribution >= 0.6 is 15.9 Å². The molecule has 2 aliphatic rings. The van der Waals surface area contributed by atoms with E-state index in [2.05, 4.69) is 120 Å². The minimum atomic E-state index is -1.41. The van der Waals surface area contributed by atoms with Crippen LogP contribution in [0.2, 0.25) is 0 Å². The SMILES string of the molecule is Cc1ccccc1C1c2c(n[nH]c2C(C)(C)C)C(=O)N1c1ccc(-c2ccoc2)cc1.Cc1ccccc1C1c2c(n[nH]c2C(C)(C)C)C(=O)N1c1ccc(Br)cc1.OB(O)c1ccoc1. The molecule has 0 aliphatic carbocycles. The maximum absolute atomic E-state index is 13.6. The molecule has 2 aliphatic heterocycles. The highest BCUT2D eigenvalue weighted by atomic mass is 79.9. The lowest BCUT2D eigenvalue weighted by molar-refractivity contribution is 0.0981. The highest BCUT2D eigenvalue weighted by Crippen LogP contribution is 2.47. The summed E-state index contributed by atoms with van der Waals surface area (Å²) in [6.45, 7) is 17.0. The van der Waals surface area contributed by atoms with Gasteiger partial charge in [-0.3, -0.25) is 29.6 Å². The number of aryl methyl sites for hydroxylation is 2. The van der Waals surface area contributed by atoms with Gasteiger partial charge < -0.3 is 18.9 Å². The van der Waals surface area contributed by atoms with E-state index in [9.17, 15) is 9.59 Å². The molecule has 12 nitrogen and oxygen atoms in total. The molecular formula is C52H52BBrN6O6. The van der Waals surface area contributed by atoms with Gasteiger partial charge >= 0.3 is 7.12 Å². The number of amides is 2. The minimum Gasteiger partial charge on any atom is -0.473 e. The van der Waals surface area contributed by atoms with Gasteiger partial charge in [0.25, 0.3) is 11.8 Å². The highest BCUT2D eigenvalue weighted by molar-refractivity contribution is 9.10. The molecule has 4 aromatic heterocycles. The van der Waals surface area contributed by atoms with Crippen LogP contribution < -0.4 is 15.3 Å². The van der Waals surface area contributed by atoms with E-state index in [4.69, 9.17) is 14.5 Å². The Labute approximate surface area is 393 Å². The van der Waals surface area contributed by atoms with Gasteiger partial charge in [0.1, 0.15) is 0 Å². The van der Waals surface area contributed by atoms with Crippen LogP contribution in [0.4, 0.5) is 11.4 Å². The van der Waals surface area contributed by atoms with Gasteiger partial charge in [0.15, 0.2) is 11.4 Å². The van der Waals surface area contributed by atoms with Gasteiger partial charge in [-0.2, -0.15) is 10.2 Å². The molecule has 10 rings (SSSR count). The van der Waals surface area contributed by atoms with E-state index in [-0.39, 0.29) is 34.7 Å². The molecule has 0 radical (unpaired) electrons. The number of furan rings is 2. The first-order valence-corrected chi connectivity index (χ1v) is 22.5. The molecule has 0 spiro atoms. The molecule has 14 heteroatoms. The average molecular weight is 948 g/mol. The van der Waals surface area contributed by atoms with Gasteiger partial charge in [-0.25, -0.2) is 0 Å². The van der Waals surface area contributed by atoms with Gasteiger partial charge in [0, 0.05) is 60.2 Å². The van der Waals surface area contributed by atoms with Gasteiger partial charge in [-0.1, -0.05) is 118 Å². The molecule has 0 bridgehead atoms. The van der Waals surface area contributed by atoms with Gasteiger partial charge in [0.05, 0.1) is 37.1 Å². The Morgan fingerprint density at radius 1 is 0.591 bits per heavy atom. The molecular weight excluding hydrogens is 895 g/mol. The van der Waals surface area contributed by atoms with Crippen molar-refractivity contribution in [3.63, 3.8) is 0 Å². The summed E-state index contributed by atoms with van der Waals surface area (Å²) >= 11 is 3.48. The summed E-state index contributed by atoms with van der Waals surface area (Å²) in [5, 5.41) is 32.0. The molecule has 4 N–H and O–H groups in total. The van der Waals surface area contributed by atoms with E-state index >= 15 is 0 Å². The number of hydrogen-bond acceptors (Lipinski definition) is 8. The quantitative estimate of drug-likeness (QED) is 0.120. The van der Waals surface area contributed by atoms with Crippen molar-refractivity contribution in [1.82, 2.24) is 20.4 Å². The summed E-state index contributed by atoms with van der Waals surface area (Å²) in [6.07, 6.45) is 6.05. The topological polar surface area (TPSA) is 165 Å². The number of aromatic nitrogens is 4. The lowest BCUT2D eigenvalue weighted by Gasteiger charge is -2.29. The third-order valence-corrected chi connectivity index (χ3v) is 12.5. The summed E-state index contributed by atoms with van der Waals surface area (Å²) in [6, 6.07) is 35.4. The standard InChI is InChI=1S/C26H25N3O2.C22H22BrN3O.C4H5BO3/c1-16-7-5-6-8-20(16)23-21-22(27-28-24(21)26(2,3)4)25(30)29(23)19-11-9-17(10-12-19)18-13-14-31-15-18;1-13-7-5-6-8-16(13)19-17-18(24-25-20(17)22(2,3)4)21(27)26(19)15-11-9-14(23)10-12-15;6-5(7)4-1-2-8-3-4/h5-15,23H,1-4H3,(H,27,28);5-12,19H,1-4H3,(H,24,25);1-3,6-7H. The van der Waals surface area contributed by atoms with Crippen molar-refractivity contribution < 1.29 is 28.5 Å². The lowest BCUT2D eigenvalue weighted by Crippen LogP contribution is -2.30. The van der Waals surface area contributed by atoms with Crippen molar-refractivity contribution in [2.45, 2.75) is 78.3 Å². The zero-order chi connectivity index (χ0) is 47.1. The maximum atomic E-state index is 13.6. The number of nitrogens with one attached hydrogen (secondary N) is 2. The van der Waals surface area contributed by atoms with Crippen LogP contribution in [0.1, 0.15) is 119 Å². The van der Waals surface area contributed by atoms with E-state index in [1.54, 1.807) is 12.5 Å². The largest absolute Gasteiger partial charge is 0.491 e. The zero-order valence-electron chi connectivity index (χ0n) is 38.1. The molecule has 4 aromatic carbocycles. The first-order valence-electron chi connectivity index (χ1n) is 21.7. The Hall–Kier alpha value is -6.74. The minimum absolute atomic E-state index is 0.0627. The number of halogens is 1. The Morgan fingerprint density at radius 2 is 1.03 bits per heavy atom. The van der Waals surface area contributed by atoms with E-state index in [1.165, 1.54) is 18.6 Å². The maximum Gasteiger partial charge on any atom is 0.491 e. The summed E-state index contributed by atoms with van der Waals surface area (Å²) in [5.74, 6) is -0.140. The smallest absolute Gasteiger partial charge is 0.473 e. The van der Waals surface area contributed by atoms with Crippen LogP contribution in [-0.2, 0) is 10.8 Å². The number of aromatic amines is 2. The number of carbonyl (C=O) groups excluding carboxylic acids is 2. The number of fused-ring (bicyclic) bond motifs is 2. The predicted octanol–water partition coefficient (Wildman–Crippen LogP) is 10.5. The summed E-state index contributed by atoms with van der Waals surface area (Å²) < 4.78 is 10.7. The molecule has 6 heterocycles.